The molecule has 1 fully saturated rings. The number of hydrogen-bond donors (Lipinski definition) is 4. The Morgan fingerprint density at radius 2 is 1.64 bits per heavy atom. The van der Waals surface area contributed by atoms with Crippen LogP contribution in [0.4, 0.5) is 10.5 Å². The van der Waals surface area contributed by atoms with Crippen molar-refractivity contribution in [2.45, 2.75) is 137 Å². The van der Waals surface area contributed by atoms with Crippen molar-refractivity contribution >= 4 is 53.3 Å². The summed E-state index contributed by atoms with van der Waals surface area (Å²) in [6.45, 7) is 13.4. The average Bonchev–Trinajstić information content (AvgIpc) is 3.59. The number of likely N-dealkylation sites (tertiary alicyclic amines) is 1. The fourth-order valence-electron chi connectivity index (χ4n) is 8.17. The second-order valence-electron chi connectivity index (χ2n) is 18.1. The van der Waals surface area contributed by atoms with E-state index in [-0.39, 0.29) is 47.8 Å². The van der Waals surface area contributed by atoms with Crippen molar-refractivity contribution in [3.63, 3.8) is 0 Å². The number of nitro benzene ring substituents is 1. The van der Waals surface area contributed by atoms with E-state index in [2.05, 4.69) is 10.6 Å². The molecule has 2 aromatic carbocycles. The van der Waals surface area contributed by atoms with Gasteiger partial charge in [-0.2, -0.15) is 0 Å². The lowest BCUT2D eigenvalue weighted by Crippen LogP contribution is -2.57. The zero-order valence-corrected chi connectivity index (χ0v) is 41.6. The van der Waals surface area contributed by atoms with Crippen LogP contribution in [0.15, 0.2) is 71.8 Å². The predicted molar refractivity (Wildman–Crippen MR) is 257 cm³/mol. The number of esters is 1. The third-order valence-corrected chi connectivity index (χ3v) is 12.6. The normalized spacial score (nSPS) is 17.5. The summed E-state index contributed by atoms with van der Waals surface area (Å²) in [4.78, 5) is 121. The molecule has 0 aliphatic carbocycles. The first-order chi connectivity index (χ1) is 32.9. The molecule has 0 aromatic heterocycles. The number of allylic oxidation sites excluding steroid dienone is 3. The number of carboxylic acids is 1. The van der Waals surface area contributed by atoms with Gasteiger partial charge in [0, 0.05) is 62.7 Å². The summed E-state index contributed by atoms with van der Waals surface area (Å²) in [5.41, 5.74) is 1.51. The highest BCUT2D eigenvalue weighted by molar-refractivity contribution is 5.97. The highest BCUT2D eigenvalue weighted by Gasteiger charge is 2.46. The number of benzene rings is 2. The summed E-state index contributed by atoms with van der Waals surface area (Å²) in [7, 11) is 2.77. The van der Waals surface area contributed by atoms with Crippen LogP contribution in [-0.2, 0) is 51.1 Å². The Hall–Kier alpha value is -7.12. The topological polar surface area (TPSA) is 272 Å². The molecule has 8 atom stereocenters. The third kappa shape index (κ3) is 16.3. The zero-order valence-electron chi connectivity index (χ0n) is 41.6. The van der Waals surface area contributed by atoms with Gasteiger partial charge in [-0.3, -0.25) is 38.9 Å². The first-order valence-electron chi connectivity index (χ1n) is 23.3. The van der Waals surface area contributed by atoms with Crippen LogP contribution in [0.25, 0.3) is 0 Å². The van der Waals surface area contributed by atoms with Gasteiger partial charge < -0.3 is 45.0 Å². The van der Waals surface area contributed by atoms with E-state index in [0.29, 0.717) is 24.8 Å². The Labute approximate surface area is 408 Å². The number of ether oxygens (including phenoxy) is 2. The van der Waals surface area contributed by atoms with Gasteiger partial charge in [0.15, 0.2) is 6.10 Å². The molecule has 382 valence electrons. The molecule has 4 N–H and O–H groups in total. The summed E-state index contributed by atoms with van der Waals surface area (Å²) in [6, 6.07) is 6.78. The van der Waals surface area contributed by atoms with Crippen LogP contribution in [0, 0.1) is 22.0 Å². The van der Waals surface area contributed by atoms with Crippen molar-refractivity contribution in [1.29, 1.82) is 0 Å². The largest absolute Gasteiger partial charge is 0.511 e. The van der Waals surface area contributed by atoms with Gasteiger partial charge in [0.05, 0.1) is 11.5 Å². The van der Waals surface area contributed by atoms with Gasteiger partial charge in [-0.1, -0.05) is 75.2 Å². The van der Waals surface area contributed by atoms with Gasteiger partial charge in [0.2, 0.25) is 23.6 Å². The number of nitrogens with zero attached hydrogens (tertiary/aromatic N) is 4. The molecule has 0 saturated carbocycles. The highest BCUT2D eigenvalue weighted by atomic mass is 16.7. The lowest BCUT2D eigenvalue weighted by atomic mass is 9.95. The van der Waals surface area contributed by atoms with Crippen molar-refractivity contribution in [3.05, 3.63) is 93.1 Å². The minimum Gasteiger partial charge on any atom is -0.480 e. The number of carbonyl (C=O) groups is 8. The maximum atomic E-state index is 14.4. The first-order valence-corrected chi connectivity index (χ1v) is 23.3. The molecule has 2 aromatic rings. The maximum absolute atomic E-state index is 14.4. The number of non-ortho nitro benzene ring substituents is 1. The van der Waals surface area contributed by atoms with Crippen molar-refractivity contribution in [3.8, 4) is 5.75 Å². The van der Waals surface area contributed by atoms with Crippen LogP contribution in [0.3, 0.4) is 0 Å². The summed E-state index contributed by atoms with van der Waals surface area (Å²) in [5.74, 6) is -5.98. The molecule has 20 nitrogen and oxygen atoms in total. The van der Waals surface area contributed by atoms with Crippen molar-refractivity contribution in [2.24, 2.45) is 11.8 Å². The number of carboxylic acid groups (broad SMARTS) is 2. The number of rotatable bonds is 25. The quantitative estimate of drug-likeness (QED) is 0.0240. The van der Waals surface area contributed by atoms with Crippen LogP contribution in [-0.4, -0.2) is 134 Å². The predicted octanol–water partition coefficient (Wildman–Crippen LogP) is 5.46. The Balaban J connectivity index is 1.88. The number of amides is 5. The van der Waals surface area contributed by atoms with E-state index < -0.39 is 101 Å². The van der Waals surface area contributed by atoms with Crippen LogP contribution in [0.1, 0.15) is 98.6 Å². The van der Waals surface area contributed by atoms with Gasteiger partial charge in [0.25, 0.3) is 11.6 Å². The number of likely N-dealkylation sites (N-methyl/N-ethyl adjacent to an activating group) is 2. The summed E-state index contributed by atoms with van der Waals surface area (Å²) in [6.07, 6.45) is 2.51. The molecule has 1 saturated heterocycles. The molecule has 1 heterocycles. The first kappa shape index (κ1) is 57.2. The lowest BCUT2D eigenvalue weighted by molar-refractivity contribution is -0.384. The van der Waals surface area contributed by atoms with E-state index in [1.807, 2.05) is 26.8 Å². The summed E-state index contributed by atoms with van der Waals surface area (Å²) >= 11 is 0. The van der Waals surface area contributed by atoms with Crippen LogP contribution < -0.4 is 15.4 Å². The molecule has 2 unspecified atom stereocenters. The molecule has 70 heavy (non-hydrogen) atoms. The van der Waals surface area contributed by atoms with E-state index in [9.17, 15) is 58.7 Å². The molecule has 0 radical (unpaired) electrons. The van der Waals surface area contributed by atoms with Crippen molar-refractivity contribution < 1.29 is 63.0 Å². The van der Waals surface area contributed by atoms with Gasteiger partial charge in [-0.15, -0.1) is 0 Å². The van der Waals surface area contributed by atoms with Crippen LogP contribution in [0.5, 0.6) is 5.75 Å². The molecule has 20 heteroatoms. The van der Waals surface area contributed by atoms with Crippen LogP contribution in [0.2, 0.25) is 0 Å². The standard InChI is InChI=1S/C50H68N6O14/c1-11-29(3)23-30(4)17-16-20-36(26-37-27-38(56(67)68)21-22-40(37)70-50(65)66)49(64)69-41-24-32(6)55(47(41)61)34(8)45(59)54(10)39(25-35-18-14-13-15-19-35)46(60)53(9)28-42(57)52-43(31(5)12-2)44(58)51-33(7)48(62)63/h11,13-15,18-22,27,30-34,39,41,43H,12,16-17,23-26,28H2,1-10H3,(H,51,58)(H,52,57)(H,62,63)(H,65,66)/b29-11+,36-20+/t30-,31?,32?,33+,34-,39+,41+,43-/m0/s1. The molecule has 1 aliphatic heterocycles. The zero-order chi connectivity index (χ0) is 52.6. The molecular weight excluding hydrogens is 909 g/mol. The highest BCUT2D eigenvalue weighted by Crippen LogP contribution is 2.30. The summed E-state index contributed by atoms with van der Waals surface area (Å²) < 4.78 is 10.7. The molecule has 1 aliphatic rings. The minimum absolute atomic E-state index is 0.0000298. The number of nitrogens with one attached hydrogen (secondary N) is 2. The van der Waals surface area contributed by atoms with E-state index in [0.717, 1.165) is 29.5 Å². The number of aliphatic carboxylic acids is 1. The smallest absolute Gasteiger partial charge is 0.480 e. The average molecular weight is 977 g/mol. The van der Waals surface area contributed by atoms with E-state index in [4.69, 9.17) is 9.47 Å². The van der Waals surface area contributed by atoms with Crippen LogP contribution >= 0.6 is 0 Å². The van der Waals surface area contributed by atoms with E-state index in [1.165, 1.54) is 43.3 Å². The molecular formula is C50H68N6O14. The lowest BCUT2D eigenvalue weighted by Gasteiger charge is -2.36. The fraction of sp³-hybridized carbons (Fsp3) is 0.520. The van der Waals surface area contributed by atoms with E-state index >= 15 is 0 Å². The van der Waals surface area contributed by atoms with Crippen molar-refractivity contribution in [1.82, 2.24) is 25.3 Å². The molecule has 0 spiro atoms. The molecule has 3 rings (SSSR count). The molecule has 5 amide bonds. The Morgan fingerprint density at radius 1 is 0.986 bits per heavy atom. The van der Waals surface area contributed by atoms with E-state index in [1.54, 1.807) is 57.2 Å². The van der Waals surface area contributed by atoms with Crippen molar-refractivity contribution in [2.75, 3.05) is 20.6 Å². The maximum Gasteiger partial charge on any atom is 0.511 e. The number of hydrogen-bond acceptors (Lipinski definition) is 12. The minimum atomic E-state index is -1.67. The Kier molecular flexibility index (Phi) is 21.7. The second kappa shape index (κ2) is 26.6. The van der Waals surface area contributed by atoms with Gasteiger partial charge in [-0.25, -0.2) is 9.59 Å². The van der Waals surface area contributed by atoms with Gasteiger partial charge in [-0.05, 0) is 77.3 Å². The SMILES string of the molecule is C/C=C(\C)C[C@@H](C)CC/C=C(\Cc1cc([N+](=O)[O-])ccc1OC(=O)O)C(=O)O[C@@H]1CC(C)N([C@@H](C)C(=O)N(C)[C@H](Cc2ccccc2)C(=O)N(C)CC(=O)N[C@H](C(=O)N[C@H](C)C(=O)O)C(C)CC)C1=O. The second-order valence-corrected chi connectivity index (χ2v) is 18.1. The molecule has 0 bridgehead atoms. The monoisotopic (exact) mass is 976 g/mol. The Bertz CT molecular complexity index is 2300. The number of carbonyl (C=O) groups excluding carboxylic acids is 6. The fourth-order valence-corrected chi connectivity index (χ4v) is 8.17. The third-order valence-electron chi connectivity index (χ3n) is 12.6. The van der Waals surface area contributed by atoms with Gasteiger partial charge >= 0.3 is 18.1 Å². The summed E-state index contributed by atoms with van der Waals surface area (Å²) in [5, 5.41) is 35.4. The Morgan fingerprint density at radius 3 is 2.23 bits per heavy atom. The van der Waals surface area contributed by atoms with Gasteiger partial charge in [0.1, 0.15) is 29.9 Å². The number of nitro groups is 1.